The molecule has 0 aromatic carbocycles. The van der Waals surface area contributed by atoms with Crippen molar-refractivity contribution in [2.45, 2.75) is 39.2 Å². The van der Waals surface area contributed by atoms with E-state index in [2.05, 4.69) is 9.97 Å². The molecule has 86 valence electrons. The summed E-state index contributed by atoms with van der Waals surface area (Å²) in [6.45, 7) is 4.22. The molecule has 1 unspecified atom stereocenters. The van der Waals surface area contributed by atoms with Crippen molar-refractivity contribution in [2.24, 2.45) is 0 Å². The molecular weight excluding hydrogens is 204 g/mol. The number of nitrogens with zero attached hydrogens (tertiary/aromatic N) is 2. The summed E-state index contributed by atoms with van der Waals surface area (Å²) in [6.07, 6.45) is 4.82. The van der Waals surface area contributed by atoms with Crippen LogP contribution in [0.3, 0.4) is 0 Å². The number of carbonyl (C=O) groups is 1. The van der Waals surface area contributed by atoms with Crippen LogP contribution in [0, 0.1) is 6.92 Å². The molecule has 4 nitrogen and oxygen atoms in total. The van der Waals surface area contributed by atoms with Crippen LogP contribution < -0.4 is 0 Å². The van der Waals surface area contributed by atoms with Gasteiger partial charge in [-0.2, -0.15) is 0 Å². The molecule has 1 fully saturated rings. The van der Waals surface area contributed by atoms with Gasteiger partial charge in [-0.1, -0.05) is 0 Å². The first-order valence-electron chi connectivity index (χ1n) is 5.62. The first kappa shape index (κ1) is 11.2. The van der Waals surface area contributed by atoms with Gasteiger partial charge in [0.2, 0.25) is 0 Å². The fraction of sp³-hybridized carbons (Fsp3) is 0.583. The average Bonchev–Trinajstić information content (AvgIpc) is 2.70. The van der Waals surface area contributed by atoms with Crippen molar-refractivity contribution >= 4 is 5.78 Å². The molecular formula is C12H16N2O2. The van der Waals surface area contributed by atoms with E-state index in [4.69, 9.17) is 4.74 Å². The molecule has 1 aromatic rings. The van der Waals surface area contributed by atoms with Crippen LogP contribution in [0.1, 0.15) is 41.6 Å². The Hall–Kier alpha value is -1.29. The number of rotatable bonds is 3. The minimum absolute atomic E-state index is 0.0150. The second-order valence-corrected chi connectivity index (χ2v) is 4.18. The van der Waals surface area contributed by atoms with Gasteiger partial charge in [0.15, 0.2) is 5.78 Å². The van der Waals surface area contributed by atoms with Crippen LogP contribution >= 0.6 is 0 Å². The van der Waals surface area contributed by atoms with Crippen LogP contribution in [0.25, 0.3) is 0 Å². The van der Waals surface area contributed by atoms with Gasteiger partial charge in [0.1, 0.15) is 5.82 Å². The van der Waals surface area contributed by atoms with Gasteiger partial charge in [-0.15, -0.1) is 0 Å². The number of carbonyl (C=O) groups excluding carboxylic acids is 1. The first-order chi connectivity index (χ1) is 7.66. The Morgan fingerprint density at radius 3 is 3.00 bits per heavy atom. The smallest absolute Gasteiger partial charge is 0.163 e. The van der Waals surface area contributed by atoms with E-state index < -0.39 is 0 Å². The van der Waals surface area contributed by atoms with Crippen LogP contribution in [0.4, 0.5) is 0 Å². The average molecular weight is 220 g/mol. The quantitative estimate of drug-likeness (QED) is 0.728. The van der Waals surface area contributed by atoms with Crippen molar-refractivity contribution in [3.63, 3.8) is 0 Å². The molecule has 0 radical (unpaired) electrons. The lowest BCUT2D eigenvalue weighted by Gasteiger charge is -2.09. The Balaban J connectivity index is 2.11. The van der Waals surface area contributed by atoms with Gasteiger partial charge in [-0.3, -0.25) is 4.79 Å². The second-order valence-electron chi connectivity index (χ2n) is 4.18. The molecule has 1 aromatic heterocycles. The molecule has 1 aliphatic heterocycles. The van der Waals surface area contributed by atoms with Crippen LogP contribution in [0.15, 0.2) is 6.20 Å². The zero-order valence-electron chi connectivity index (χ0n) is 9.69. The van der Waals surface area contributed by atoms with Crippen molar-refractivity contribution in [3.05, 3.63) is 23.3 Å². The van der Waals surface area contributed by atoms with Crippen molar-refractivity contribution in [3.8, 4) is 0 Å². The van der Waals surface area contributed by atoms with Crippen molar-refractivity contribution in [2.75, 3.05) is 6.61 Å². The summed E-state index contributed by atoms with van der Waals surface area (Å²) in [5, 5.41) is 0. The molecule has 0 spiro atoms. The minimum Gasteiger partial charge on any atom is -0.378 e. The number of hydrogen-bond donors (Lipinski definition) is 0. The molecule has 0 N–H and O–H groups in total. The van der Waals surface area contributed by atoms with Crippen LogP contribution in [-0.2, 0) is 11.2 Å². The van der Waals surface area contributed by atoms with Crippen molar-refractivity contribution < 1.29 is 9.53 Å². The highest BCUT2D eigenvalue weighted by atomic mass is 16.5. The largest absolute Gasteiger partial charge is 0.378 e. The summed E-state index contributed by atoms with van der Waals surface area (Å²) >= 11 is 0. The number of aromatic nitrogens is 2. The van der Waals surface area contributed by atoms with Crippen LogP contribution in [0.2, 0.25) is 0 Å². The van der Waals surface area contributed by atoms with E-state index >= 15 is 0 Å². The maximum absolute atomic E-state index is 11.2. The van der Waals surface area contributed by atoms with Gasteiger partial charge in [-0.05, 0) is 26.7 Å². The van der Waals surface area contributed by atoms with Crippen LogP contribution in [-0.4, -0.2) is 28.5 Å². The molecule has 0 saturated carbocycles. The minimum atomic E-state index is 0.0150. The normalized spacial score (nSPS) is 20.0. The molecule has 0 amide bonds. The lowest BCUT2D eigenvalue weighted by atomic mass is 10.1. The maximum atomic E-state index is 11.2. The number of ether oxygens (including phenoxy) is 1. The molecule has 2 heterocycles. The Morgan fingerprint density at radius 1 is 1.62 bits per heavy atom. The molecule has 16 heavy (non-hydrogen) atoms. The van der Waals surface area contributed by atoms with E-state index in [9.17, 15) is 4.79 Å². The summed E-state index contributed by atoms with van der Waals surface area (Å²) in [6, 6.07) is 0. The number of hydrogen-bond acceptors (Lipinski definition) is 4. The highest BCUT2D eigenvalue weighted by Gasteiger charge is 2.18. The predicted molar refractivity (Wildman–Crippen MR) is 59.5 cm³/mol. The van der Waals surface area contributed by atoms with E-state index in [1.807, 2.05) is 6.92 Å². The van der Waals surface area contributed by atoms with E-state index in [0.717, 1.165) is 37.4 Å². The third-order valence-electron chi connectivity index (χ3n) is 2.84. The van der Waals surface area contributed by atoms with Gasteiger partial charge in [0, 0.05) is 19.2 Å². The summed E-state index contributed by atoms with van der Waals surface area (Å²) < 4.78 is 5.53. The van der Waals surface area contributed by atoms with Gasteiger partial charge in [-0.25, -0.2) is 9.97 Å². The predicted octanol–water partition coefficient (Wildman–Crippen LogP) is 1.71. The molecule has 0 aliphatic carbocycles. The highest BCUT2D eigenvalue weighted by Crippen LogP contribution is 2.16. The number of aryl methyl sites for hydroxylation is 1. The van der Waals surface area contributed by atoms with Gasteiger partial charge >= 0.3 is 0 Å². The SMILES string of the molecule is CC(=O)c1cnc(CC2CCCO2)nc1C. The number of Topliss-reactive ketones (excluding diaryl/α,β-unsaturated/α-hetero) is 1. The maximum Gasteiger partial charge on any atom is 0.163 e. The van der Waals surface area contributed by atoms with E-state index in [0.29, 0.717) is 5.56 Å². The molecule has 4 heteroatoms. The molecule has 1 saturated heterocycles. The highest BCUT2D eigenvalue weighted by molar-refractivity contribution is 5.94. The molecule has 1 atom stereocenters. The third-order valence-corrected chi connectivity index (χ3v) is 2.84. The van der Waals surface area contributed by atoms with E-state index in [-0.39, 0.29) is 11.9 Å². The summed E-state index contributed by atoms with van der Waals surface area (Å²) in [5.41, 5.74) is 1.37. The summed E-state index contributed by atoms with van der Waals surface area (Å²) in [5.74, 6) is 0.788. The lowest BCUT2D eigenvalue weighted by Crippen LogP contribution is -2.13. The molecule has 1 aliphatic rings. The Kier molecular flexibility index (Phi) is 3.29. The van der Waals surface area contributed by atoms with Crippen molar-refractivity contribution in [1.82, 2.24) is 9.97 Å². The zero-order valence-corrected chi connectivity index (χ0v) is 9.69. The van der Waals surface area contributed by atoms with Gasteiger partial charge in [0.05, 0.1) is 17.4 Å². The monoisotopic (exact) mass is 220 g/mol. The fourth-order valence-corrected chi connectivity index (χ4v) is 1.97. The molecule has 0 bridgehead atoms. The van der Waals surface area contributed by atoms with E-state index in [1.165, 1.54) is 6.92 Å². The standard InChI is InChI=1S/C12H16N2O2/c1-8-11(9(2)15)7-13-12(14-8)6-10-4-3-5-16-10/h7,10H,3-6H2,1-2H3. The Morgan fingerprint density at radius 2 is 2.44 bits per heavy atom. The summed E-state index contributed by atoms with van der Waals surface area (Å²) in [4.78, 5) is 19.8. The second kappa shape index (κ2) is 4.70. The third kappa shape index (κ3) is 2.44. The lowest BCUT2D eigenvalue weighted by molar-refractivity contribution is 0.101. The Bertz CT molecular complexity index is 398. The molecule has 2 rings (SSSR count). The van der Waals surface area contributed by atoms with E-state index in [1.54, 1.807) is 6.20 Å². The van der Waals surface area contributed by atoms with Crippen molar-refractivity contribution in [1.29, 1.82) is 0 Å². The van der Waals surface area contributed by atoms with Gasteiger partial charge < -0.3 is 4.74 Å². The fourth-order valence-electron chi connectivity index (χ4n) is 1.97. The summed E-state index contributed by atoms with van der Waals surface area (Å²) in [7, 11) is 0. The zero-order chi connectivity index (χ0) is 11.5. The van der Waals surface area contributed by atoms with Crippen LogP contribution in [0.5, 0.6) is 0 Å². The Labute approximate surface area is 95.1 Å². The first-order valence-corrected chi connectivity index (χ1v) is 5.62. The van der Waals surface area contributed by atoms with Gasteiger partial charge in [0.25, 0.3) is 0 Å². The topological polar surface area (TPSA) is 52.1 Å². The number of ketones is 1.